The van der Waals surface area contributed by atoms with Crippen molar-refractivity contribution in [1.29, 1.82) is 0 Å². The topological polar surface area (TPSA) is 142 Å². The number of aromatic amines is 1. The molecule has 3 rings (SSSR count). The summed E-state index contributed by atoms with van der Waals surface area (Å²) < 4.78 is 2.68. The van der Waals surface area contributed by atoms with Crippen LogP contribution >= 0.6 is 11.8 Å². The molecular weight excluding hydrogens is 370 g/mol. The molecule has 0 bridgehead atoms. The highest BCUT2D eigenvalue weighted by atomic mass is 32.2. The number of carbonyl (C=O) groups excluding carboxylic acids is 1. The molecule has 1 aromatic carbocycles. The molecule has 0 saturated heterocycles. The lowest BCUT2D eigenvalue weighted by molar-refractivity contribution is 0.102. The fourth-order valence-corrected chi connectivity index (χ4v) is 3.27. The van der Waals surface area contributed by atoms with Gasteiger partial charge in [-0.15, -0.1) is 5.10 Å². The van der Waals surface area contributed by atoms with Gasteiger partial charge in [-0.05, 0) is 29.0 Å². The number of benzene rings is 1. The Morgan fingerprint density at radius 3 is 2.70 bits per heavy atom. The van der Waals surface area contributed by atoms with Gasteiger partial charge in [-0.3, -0.25) is 19.1 Å². The minimum Gasteiger partial charge on any atom is -0.384 e. The third kappa shape index (κ3) is 3.82. The number of nitrogens with zero attached hydrogens (tertiary/aromatic N) is 5. The molecule has 0 fully saturated rings. The number of thioether (sulfide) groups is 1. The molecule has 0 unspecified atom stereocenters. The van der Waals surface area contributed by atoms with Crippen LogP contribution in [0.1, 0.15) is 23.7 Å². The molecule has 0 spiro atoms. The van der Waals surface area contributed by atoms with Crippen molar-refractivity contribution < 1.29 is 4.79 Å². The third-order valence-corrected chi connectivity index (χ3v) is 4.66. The van der Waals surface area contributed by atoms with E-state index in [0.29, 0.717) is 18.1 Å². The molecule has 0 aliphatic heterocycles. The Bertz CT molecular complexity index is 1070. The fraction of sp³-hybridized carbons (Fsp3) is 0.250. The van der Waals surface area contributed by atoms with Gasteiger partial charge in [0, 0.05) is 6.54 Å². The van der Waals surface area contributed by atoms with Crippen molar-refractivity contribution in [2.24, 2.45) is 0 Å². The molecule has 0 atom stereocenters. The van der Waals surface area contributed by atoms with E-state index in [9.17, 15) is 14.4 Å². The highest BCUT2D eigenvalue weighted by Crippen LogP contribution is 2.19. The van der Waals surface area contributed by atoms with E-state index in [-0.39, 0.29) is 17.1 Å². The second-order valence-corrected chi connectivity index (χ2v) is 6.53. The van der Waals surface area contributed by atoms with Gasteiger partial charge in [0.1, 0.15) is 11.4 Å². The fourth-order valence-electron chi connectivity index (χ4n) is 2.51. The first-order valence-electron chi connectivity index (χ1n) is 8.15. The molecular formula is C16H17N7O3S. The van der Waals surface area contributed by atoms with Gasteiger partial charge in [-0.1, -0.05) is 36.9 Å². The normalized spacial score (nSPS) is 10.9. The molecule has 10 nitrogen and oxygen atoms in total. The zero-order valence-corrected chi connectivity index (χ0v) is 15.3. The Labute approximate surface area is 157 Å². The summed E-state index contributed by atoms with van der Waals surface area (Å²) in [6.07, 6.45) is 0.629. The second kappa shape index (κ2) is 7.99. The van der Waals surface area contributed by atoms with Crippen LogP contribution in [0.3, 0.4) is 0 Å². The Morgan fingerprint density at radius 1 is 1.26 bits per heavy atom. The number of H-pyrrole nitrogens is 1. The van der Waals surface area contributed by atoms with Gasteiger partial charge in [0.05, 0.1) is 11.4 Å². The van der Waals surface area contributed by atoms with E-state index in [2.05, 4.69) is 20.5 Å². The third-order valence-electron chi connectivity index (χ3n) is 3.74. The zero-order valence-electron chi connectivity index (χ0n) is 14.5. The summed E-state index contributed by atoms with van der Waals surface area (Å²) in [4.78, 5) is 38.7. The molecule has 0 aliphatic rings. The highest BCUT2D eigenvalue weighted by molar-refractivity contribution is 7.99. The number of tetrazole rings is 1. The SMILES string of the molecule is CCCn1c(N)c(C(=O)CSc2nnnn2-c2ccccc2)c(=O)[nH]c1=O. The summed E-state index contributed by atoms with van der Waals surface area (Å²) in [6.45, 7) is 2.17. The molecule has 2 aromatic heterocycles. The maximum atomic E-state index is 12.6. The van der Waals surface area contributed by atoms with Gasteiger partial charge in [0.25, 0.3) is 5.56 Å². The summed E-state index contributed by atoms with van der Waals surface area (Å²) in [7, 11) is 0. The van der Waals surface area contributed by atoms with Crippen molar-refractivity contribution in [3.8, 4) is 5.69 Å². The number of hydrogen-bond acceptors (Lipinski definition) is 8. The molecule has 2 heterocycles. The van der Waals surface area contributed by atoms with E-state index < -0.39 is 17.0 Å². The molecule has 140 valence electrons. The van der Waals surface area contributed by atoms with Crippen LogP contribution in [0, 0.1) is 0 Å². The highest BCUT2D eigenvalue weighted by Gasteiger charge is 2.20. The van der Waals surface area contributed by atoms with Crippen molar-refractivity contribution in [3.05, 3.63) is 56.7 Å². The molecule has 11 heteroatoms. The number of ketones is 1. The van der Waals surface area contributed by atoms with Gasteiger partial charge < -0.3 is 5.73 Å². The quantitative estimate of drug-likeness (QED) is 0.440. The molecule has 27 heavy (non-hydrogen) atoms. The van der Waals surface area contributed by atoms with Crippen LogP contribution in [-0.2, 0) is 6.54 Å². The number of rotatable bonds is 7. The number of carbonyl (C=O) groups is 1. The van der Waals surface area contributed by atoms with Crippen LogP contribution in [0.25, 0.3) is 5.69 Å². The number of nitrogens with one attached hydrogen (secondary N) is 1. The summed E-state index contributed by atoms with van der Waals surface area (Å²) in [6, 6.07) is 9.20. The van der Waals surface area contributed by atoms with Crippen molar-refractivity contribution in [1.82, 2.24) is 29.8 Å². The summed E-state index contributed by atoms with van der Waals surface area (Å²) >= 11 is 1.07. The zero-order chi connectivity index (χ0) is 19.4. The number of aromatic nitrogens is 6. The number of Topliss-reactive ketones (excluding diaryl/α,β-unsaturated/α-hetero) is 1. The Kier molecular flexibility index (Phi) is 5.50. The van der Waals surface area contributed by atoms with Crippen LogP contribution in [0.4, 0.5) is 5.82 Å². The maximum absolute atomic E-state index is 12.6. The maximum Gasteiger partial charge on any atom is 0.329 e. The van der Waals surface area contributed by atoms with Crippen LogP contribution in [0.2, 0.25) is 0 Å². The monoisotopic (exact) mass is 387 g/mol. The van der Waals surface area contributed by atoms with Crippen LogP contribution in [0.15, 0.2) is 45.1 Å². The van der Waals surface area contributed by atoms with Crippen LogP contribution < -0.4 is 17.0 Å². The van der Waals surface area contributed by atoms with E-state index in [4.69, 9.17) is 5.73 Å². The smallest absolute Gasteiger partial charge is 0.329 e. The molecule has 0 radical (unpaired) electrons. The number of nitrogens with two attached hydrogens (primary N) is 1. The molecule has 0 amide bonds. The van der Waals surface area contributed by atoms with E-state index in [1.165, 1.54) is 9.25 Å². The lowest BCUT2D eigenvalue weighted by atomic mass is 10.2. The number of nitrogen functional groups attached to an aromatic ring is 1. The summed E-state index contributed by atoms with van der Waals surface area (Å²) in [5.41, 5.74) is 5.00. The van der Waals surface area contributed by atoms with Crippen LogP contribution in [-0.4, -0.2) is 41.3 Å². The summed E-state index contributed by atoms with van der Waals surface area (Å²) in [5, 5.41) is 11.8. The standard InChI is InChI=1S/C16H17N7O3S/c1-2-8-22-13(17)12(14(25)18-15(22)26)11(24)9-27-16-19-20-21-23(16)10-6-4-3-5-7-10/h3-7H,2,8-9,17H2,1H3,(H,18,25,26). The van der Waals surface area contributed by atoms with E-state index >= 15 is 0 Å². The average Bonchev–Trinajstić information content (AvgIpc) is 3.12. The van der Waals surface area contributed by atoms with E-state index in [1.807, 2.05) is 37.3 Å². The van der Waals surface area contributed by atoms with E-state index in [1.54, 1.807) is 0 Å². The molecule has 0 aliphatic carbocycles. The molecule has 0 saturated carbocycles. The Balaban J connectivity index is 1.84. The largest absolute Gasteiger partial charge is 0.384 e. The molecule has 3 aromatic rings. The second-order valence-electron chi connectivity index (χ2n) is 5.59. The minimum atomic E-state index is -0.793. The average molecular weight is 387 g/mol. The van der Waals surface area contributed by atoms with Crippen molar-refractivity contribution in [3.63, 3.8) is 0 Å². The van der Waals surface area contributed by atoms with E-state index in [0.717, 1.165) is 17.4 Å². The van der Waals surface area contributed by atoms with Crippen molar-refractivity contribution in [2.75, 3.05) is 11.5 Å². The lowest BCUT2D eigenvalue weighted by Crippen LogP contribution is -2.36. The first-order valence-corrected chi connectivity index (χ1v) is 9.14. The number of para-hydroxylation sites is 1. The van der Waals surface area contributed by atoms with Gasteiger partial charge in [-0.25, -0.2) is 4.79 Å². The first kappa shape index (κ1) is 18.6. The molecule has 3 N–H and O–H groups in total. The predicted octanol–water partition coefficient (Wildman–Crippen LogP) is 0.479. The van der Waals surface area contributed by atoms with Gasteiger partial charge >= 0.3 is 5.69 Å². The summed E-state index contributed by atoms with van der Waals surface area (Å²) in [5.74, 6) is -0.741. The Hall–Kier alpha value is -3.21. The van der Waals surface area contributed by atoms with Crippen molar-refractivity contribution >= 4 is 23.4 Å². The van der Waals surface area contributed by atoms with Crippen LogP contribution in [0.5, 0.6) is 0 Å². The lowest BCUT2D eigenvalue weighted by Gasteiger charge is -2.10. The number of anilines is 1. The van der Waals surface area contributed by atoms with Gasteiger partial charge in [0.15, 0.2) is 5.78 Å². The Morgan fingerprint density at radius 2 is 2.00 bits per heavy atom. The first-order chi connectivity index (χ1) is 13.0. The van der Waals surface area contributed by atoms with Gasteiger partial charge in [-0.2, -0.15) is 4.68 Å². The predicted molar refractivity (Wildman–Crippen MR) is 100 cm³/mol. The van der Waals surface area contributed by atoms with Crippen molar-refractivity contribution in [2.45, 2.75) is 25.0 Å². The van der Waals surface area contributed by atoms with Gasteiger partial charge in [0.2, 0.25) is 5.16 Å². The number of hydrogen-bond donors (Lipinski definition) is 2. The minimum absolute atomic E-state index is 0.106.